The van der Waals surface area contributed by atoms with Gasteiger partial charge in [-0.1, -0.05) is 56.7 Å². The Morgan fingerprint density at radius 1 is 0.774 bits per heavy atom. The SMILES string of the molecule is CCCC1CCc2cc(C#Cc3ccc(N=Nc4ccc(CC)cc4)cc3)ccc2C1. The highest BCUT2D eigenvalue weighted by Crippen LogP contribution is 2.29. The molecule has 0 heterocycles. The molecule has 0 saturated carbocycles. The number of rotatable bonds is 5. The maximum Gasteiger partial charge on any atom is 0.0857 e. The van der Waals surface area contributed by atoms with Crippen LogP contribution in [0.2, 0.25) is 0 Å². The lowest BCUT2D eigenvalue weighted by Crippen LogP contribution is -2.14. The second kappa shape index (κ2) is 10.2. The minimum atomic E-state index is 0.834. The lowest BCUT2D eigenvalue weighted by atomic mass is 9.81. The Morgan fingerprint density at radius 2 is 1.42 bits per heavy atom. The van der Waals surface area contributed by atoms with Gasteiger partial charge in [0.2, 0.25) is 0 Å². The lowest BCUT2D eigenvalue weighted by Gasteiger charge is -2.24. The molecule has 156 valence electrons. The molecular weight excluding hydrogens is 376 g/mol. The summed E-state index contributed by atoms with van der Waals surface area (Å²) in [6, 6.07) is 22.9. The highest BCUT2D eigenvalue weighted by molar-refractivity contribution is 5.49. The molecule has 0 aromatic heterocycles. The molecule has 1 unspecified atom stereocenters. The van der Waals surface area contributed by atoms with E-state index in [0.717, 1.165) is 34.8 Å². The van der Waals surface area contributed by atoms with Crippen LogP contribution in [-0.4, -0.2) is 0 Å². The molecule has 1 atom stereocenters. The summed E-state index contributed by atoms with van der Waals surface area (Å²) in [6.07, 6.45) is 7.41. The number of hydrogen-bond donors (Lipinski definition) is 0. The molecule has 0 bridgehead atoms. The quantitative estimate of drug-likeness (QED) is 0.303. The highest BCUT2D eigenvalue weighted by atomic mass is 15.1. The Balaban J connectivity index is 1.40. The van der Waals surface area contributed by atoms with Gasteiger partial charge in [-0.05, 0) is 96.8 Å². The van der Waals surface area contributed by atoms with Gasteiger partial charge in [0, 0.05) is 11.1 Å². The molecule has 3 aromatic carbocycles. The van der Waals surface area contributed by atoms with Crippen molar-refractivity contribution in [2.45, 2.75) is 52.4 Å². The molecule has 2 heteroatoms. The molecule has 3 aromatic rings. The van der Waals surface area contributed by atoms with Gasteiger partial charge in [-0.15, -0.1) is 0 Å². The van der Waals surface area contributed by atoms with Crippen molar-refractivity contribution >= 4 is 11.4 Å². The van der Waals surface area contributed by atoms with E-state index in [9.17, 15) is 0 Å². The third-order valence-electron chi connectivity index (χ3n) is 6.08. The van der Waals surface area contributed by atoms with Crippen LogP contribution >= 0.6 is 0 Å². The fourth-order valence-electron chi connectivity index (χ4n) is 4.23. The van der Waals surface area contributed by atoms with Crippen LogP contribution in [-0.2, 0) is 19.3 Å². The molecule has 31 heavy (non-hydrogen) atoms. The summed E-state index contributed by atoms with van der Waals surface area (Å²) in [6.45, 7) is 4.43. The Kier molecular flexibility index (Phi) is 6.95. The van der Waals surface area contributed by atoms with Crippen molar-refractivity contribution in [1.29, 1.82) is 0 Å². The van der Waals surface area contributed by atoms with E-state index in [1.165, 1.54) is 48.8 Å². The van der Waals surface area contributed by atoms with Crippen molar-refractivity contribution in [1.82, 2.24) is 0 Å². The zero-order chi connectivity index (χ0) is 21.5. The maximum atomic E-state index is 4.34. The van der Waals surface area contributed by atoms with Gasteiger partial charge in [0.1, 0.15) is 0 Å². The van der Waals surface area contributed by atoms with Crippen LogP contribution in [0.5, 0.6) is 0 Å². The normalized spacial score (nSPS) is 15.4. The largest absolute Gasteiger partial charge is 0.151 e. The second-order valence-electron chi connectivity index (χ2n) is 8.40. The molecule has 0 spiro atoms. The van der Waals surface area contributed by atoms with E-state index in [0.29, 0.717) is 0 Å². The molecular formula is C29H30N2. The predicted molar refractivity (Wildman–Crippen MR) is 129 cm³/mol. The molecule has 0 radical (unpaired) electrons. The van der Waals surface area contributed by atoms with Gasteiger partial charge in [-0.25, -0.2) is 0 Å². The number of azo groups is 1. The molecule has 0 N–H and O–H groups in total. The minimum Gasteiger partial charge on any atom is -0.151 e. The topological polar surface area (TPSA) is 24.7 Å². The van der Waals surface area contributed by atoms with Gasteiger partial charge in [-0.3, -0.25) is 0 Å². The summed E-state index contributed by atoms with van der Waals surface area (Å²) >= 11 is 0. The first-order valence-corrected chi connectivity index (χ1v) is 11.5. The summed E-state index contributed by atoms with van der Waals surface area (Å²) in [5.41, 5.74) is 8.12. The van der Waals surface area contributed by atoms with Crippen molar-refractivity contribution < 1.29 is 0 Å². The van der Waals surface area contributed by atoms with Gasteiger partial charge in [0.25, 0.3) is 0 Å². The predicted octanol–water partition coefficient (Wildman–Crippen LogP) is 7.97. The van der Waals surface area contributed by atoms with E-state index in [4.69, 9.17) is 0 Å². The van der Waals surface area contributed by atoms with Crippen LogP contribution in [0.3, 0.4) is 0 Å². The van der Waals surface area contributed by atoms with Crippen LogP contribution < -0.4 is 0 Å². The average molecular weight is 407 g/mol. The van der Waals surface area contributed by atoms with Gasteiger partial charge < -0.3 is 0 Å². The summed E-state index contributed by atoms with van der Waals surface area (Å²) in [4.78, 5) is 0. The molecule has 2 nitrogen and oxygen atoms in total. The van der Waals surface area contributed by atoms with Crippen LogP contribution in [0.1, 0.15) is 60.9 Å². The molecule has 4 rings (SSSR count). The van der Waals surface area contributed by atoms with E-state index in [1.807, 2.05) is 36.4 Å². The Labute approximate surface area is 186 Å². The average Bonchev–Trinajstić information content (AvgIpc) is 2.82. The zero-order valence-corrected chi connectivity index (χ0v) is 18.6. The maximum absolute atomic E-state index is 4.34. The number of benzene rings is 3. The van der Waals surface area contributed by atoms with E-state index in [2.05, 4.69) is 66.2 Å². The van der Waals surface area contributed by atoms with Gasteiger partial charge in [0.15, 0.2) is 0 Å². The highest BCUT2D eigenvalue weighted by Gasteiger charge is 2.17. The van der Waals surface area contributed by atoms with E-state index in [1.54, 1.807) is 0 Å². The number of aryl methyl sites for hydroxylation is 2. The number of nitrogens with zero attached hydrogens (tertiary/aromatic N) is 2. The Hall–Kier alpha value is -3.18. The first-order valence-electron chi connectivity index (χ1n) is 11.5. The van der Waals surface area contributed by atoms with Gasteiger partial charge in [0.05, 0.1) is 11.4 Å². The van der Waals surface area contributed by atoms with Crippen molar-refractivity contribution in [2.75, 3.05) is 0 Å². The Morgan fingerprint density at radius 3 is 2.10 bits per heavy atom. The van der Waals surface area contributed by atoms with Crippen molar-refractivity contribution in [3.8, 4) is 11.8 Å². The van der Waals surface area contributed by atoms with Crippen LogP contribution in [0.15, 0.2) is 77.0 Å². The third-order valence-corrected chi connectivity index (χ3v) is 6.08. The molecule has 0 aliphatic heterocycles. The number of fused-ring (bicyclic) bond motifs is 1. The fourth-order valence-corrected chi connectivity index (χ4v) is 4.23. The number of hydrogen-bond acceptors (Lipinski definition) is 2. The smallest absolute Gasteiger partial charge is 0.0857 e. The molecule has 0 amide bonds. The minimum absolute atomic E-state index is 0.834. The van der Waals surface area contributed by atoms with Gasteiger partial charge in [-0.2, -0.15) is 10.2 Å². The zero-order valence-electron chi connectivity index (χ0n) is 18.6. The summed E-state index contributed by atoms with van der Waals surface area (Å²) in [7, 11) is 0. The first-order chi connectivity index (χ1) is 15.2. The van der Waals surface area contributed by atoms with E-state index >= 15 is 0 Å². The fraction of sp³-hybridized carbons (Fsp3) is 0.310. The van der Waals surface area contributed by atoms with Crippen molar-refractivity contribution in [3.05, 3.63) is 94.5 Å². The summed E-state index contributed by atoms with van der Waals surface area (Å²) in [5, 5.41) is 8.66. The van der Waals surface area contributed by atoms with Gasteiger partial charge >= 0.3 is 0 Å². The summed E-state index contributed by atoms with van der Waals surface area (Å²) < 4.78 is 0. The van der Waals surface area contributed by atoms with Crippen LogP contribution in [0, 0.1) is 17.8 Å². The summed E-state index contributed by atoms with van der Waals surface area (Å²) in [5.74, 6) is 7.48. The second-order valence-corrected chi connectivity index (χ2v) is 8.40. The molecule has 0 saturated heterocycles. The van der Waals surface area contributed by atoms with Crippen molar-refractivity contribution in [2.24, 2.45) is 16.1 Å². The van der Waals surface area contributed by atoms with E-state index < -0.39 is 0 Å². The molecule has 1 aliphatic rings. The monoisotopic (exact) mass is 406 g/mol. The lowest BCUT2D eigenvalue weighted by molar-refractivity contribution is 0.423. The third kappa shape index (κ3) is 5.70. The molecule has 0 fully saturated rings. The standard InChI is InChI=1S/C29H30N2/c1-3-5-24-8-14-27-21-25(9-15-26(27)20-24)7-6-23-12-18-29(19-13-23)31-30-28-16-10-22(4-2)11-17-28/h9-13,15-19,21,24H,3-5,8,14,20H2,1-2H3. The van der Waals surface area contributed by atoms with Crippen LogP contribution in [0.25, 0.3) is 0 Å². The first kappa shape index (κ1) is 21.1. The van der Waals surface area contributed by atoms with Crippen molar-refractivity contribution in [3.63, 3.8) is 0 Å². The molecule has 1 aliphatic carbocycles. The van der Waals surface area contributed by atoms with E-state index in [-0.39, 0.29) is 0 Å². The van der Waals surface area contributed by atoms with Crippen LogP contribution in [0.4, 0.5) is 11.4 Å². The Bertz CT molecular complexity index is 1100.